The lowest BCUT2D eigenvalue weighted by molar-refractivity contribution is -0.122. The van der Waals surface area contributed by atoms with Crippen LogP contribution in [-0.2, 0) is 4.79 Å². The van der Waals surface area contributed by atoms with Crippen LogP contribution in [0.1, 0.15) is 37.8 Å². The Bertz CT molecular complexity index is 427. The first kappa shape index (κ1) is 13.8. The SMILES string of the molecule is CCC(=O)N[C@@H](c1ccc(OC)nc1)C1CC(O)C1. The lowest BCUT2D eigenvalue weighted by atomic mass is 9.75. The van der Waals surface area contributed by atoms with Crippen molar-refractivity contribution in [3.8, 4) is 5.88 Å². The lowest BCUT2D eigenvalue weighted by Gasteiger charge is -2.38. The number of carbonyl (C=O) groups excluding carboxylic acids is 1. The van der Waals surface area contributed by atoms with Gasteiger partial charge in [-0.15, -0.1) is 0 Å². The highest BCUT2D eigenvalue weighted by Gasteiger charge is 2.35. The van der Waals surface area contributed by atoms with Crippen LogP contribution >= 0.6 is 0 Å². The van der Waals surface area contributed by atoms with E-state index < -0.39 is 0 Å². The molecule has 0 aromatic carbocycles. The van der Waals surface area contributed by atoms with Gasteiger partial charge in [0.05, 0.1) is 19.3 Å². The van der Waals surface area contributed by atoms with Crippen molar-refractivity contribution in [2.45, 2.75) is 38.3 Å². The van der Waals surface area contributed by atoms with Crippen LogP contribution in [0.5, 0.6) is 5.88 Å². The summed E-state index contributed by atoms with van der Waals surface area (Å²) < 4.78 is 5.03. The normalized spacial score (nSPS) is 23.3. The molecule has 1 aliphatic rings. The maximum atomic E-state index is 11.6. The van der Waals surface area contributed by atoms with Crippen molar-refractivity contribution in [2.75, 3.05) is 7.11 Å². The molecule has 1 aromatic heterocycles. The van der Waals surface area contributed by atoms with E-state index in [1.54, 1.807) is 19.4 Å². The molecule has 0 bridgehead atoms. The van der Waals surface area contributed by atoms with Gasteiger partial charge in [-0.25, -0.2) is 4.98 Å². The molecule has 2 N–H and O–H groups in total. The number of hydrogen-bond donors (Lipinski definition) is 2. The number of aromatic nitrogens is 1. The molecule has 1 fully saturated rings. The summed E-state index contributed by atoms with van der Waals surface area (Å²) in [5.41, 5.74) is 0.958. The summed E-state index contributed by atoms with van der Waals surface area (Å²) in [6.07, 6.45) is 3.39. The number of carbonyl (C=O) groups is 1. The van der Waals surface area contributed by atoms with E-state index in [4.69, 9.17) is 4.74 Å². The fraction of sp³-hybridized carbons (Fsp3) is 0.571. The Morgan fingerprint density at radius 2 is 2.32 bits per heavy atom. The summed E-state index contributed by atoms with van der Waals surface area (Å²) in [7, 11) is 1.57. The predicted octanol–water partition coefficient (Wildman–Crippen LogP) is 1.43. The lowest BCUT2D eigenvalue weighted by Crippen LogP contribution is -2.41. The van der Waals surface area contributed by atoms with Gasteiger partial charge in [0, 0.05) is 18.7 Å². The van der Waals surface area contributed by atoms with Crippen LogP contribution in [0, 0.1) is 5.92 Å². The van der Waals surface area contributed by atoms with Crippen molar-refractivity contribution in [3.05, 3.63) is 23.9 Å². The van der Waals surface area contributed by atoms with Crippen molar-refractivity contribution < 1.29 is 14.6 Å². The maximum Gasteiger partial charge on any atom is 0.220 e. The summed E-state index contributed by atoms with van der Waals surface area (Å²) >= 11 is 0. The van der Waals surface area contributed by atoms with Gasteiger partial charge in [0.25, 0.3) is 0 Å². The van der Waals surface area contributed by atoms with E-state index >= 15 is 0 Å². The molecule has 1 amide bonds. The fourth-order valence-electron chi connectivity index (χ4n) is 2.35. The number of pyridine rings is 1. The molecule has 0 unspecified atom stereocenters. The highest BCUT2D eigenvalue weighted by molar-refractivity contribution is 5.76. The topological polar surface area (TPSA) is 71.5 Å². The molecule has 5 nitrogen and oxygen atoms in total. The number of nitrogens with one attached hydrogen (secondary N) is 1. The van der Waals surface area contributed by atoms with E-state index in [9.17, 15) is 9.90 Å². The molecule has 2 rings (SSSR count). The van der Waals surface area contributed by atoms with Gasteiger partial charge in [-0.1, -0.05) is 13.0 Å². The number of rotatable bonds is 5. The van der Waals surface area contributed by atoms with E-state index in [1.165, 1.54) is 0 Å². The smallest absolute Gasteiger partial charge is 0.220 e. The average molecular weight is 264 g/mol. The van der Waals surface area contributed by atoms with Gasteiger partial charge in [-0.05, 0) is 24.3 Å². The number of methoxy groups -OCH3 is 1. The number of ether oxygens (including phenoxy) is 1. The molecule has 0 saturated heterocycles. The molecular weight excluding hydrogens is 244 g/mol. The maximum absolute atomic E-state index is 11.6. The molecular formula is C14H20N2O3. The van der Waals surface area contributed by atoms with Crippen LogP contribution in [0.25, 0.3) is 0 Å². The van der Waals surface area contributed by atoms with Gasteiger partial charge in [0.2, 0.25) is 11.8 Å². The minimum atomic E-state index is -0.239. The molecule has 1 aliphatic carbocycles. The quantitative estimate of drug-likeness (QED) is 0.844. The molecule has 1 heterocycles. The summed E-state index contributed by atoms with van der Waals surface area (Å²) in [6, 6.07) is 3.63. The van der Waals surface area contributed by atoms with Gasteiger partial charge in [-0.3, -0.25) is 4.79 Å². The molecule has 19 heavy (non-hydrogen) atoms. The summed E-state index contributed by atoms with van der Waals surface area (Å²) in [4.78, 5) is 15.8. The third-order valence-electron chi connectivity index (χ3n) is 3.59. The Labute approximate surface area is 113 Å². The Morgan fingerprint density at radius 3 is 2.79 bits per heavy atom. The Balaban J connectivity index is 2.13. The number of aliphatic hydroxyl groups is 1. The van der Waals surface area contributed by atoms with Crippen LogP contribution < -0.4 is 10.1 Å². The van der Waals surface area contributed by atoms with Crippen molar-refractivity contribution in [1.29, 1.82) is 0 Å². The molecule has 5 heteroatoms. The summed E-state index contributed by atoms with van der Waals surface area (Å²) in [5.74, 6) is 0.848. The van der Waals surface area contributed by atoms with Crippen molar-refractivity contribution >= 4 is 5.91 Å². The van der Waals surface area contributed by atoms with E-state index in [2.05, 4.69) is 10.3 Å². The molecule has 1 atom stereocenters. The zero-order valence-corrected chi connectivity index (χ0v) is 11.3. The van der Waals surface area contributed by atoms with Gasteiger partial charge < -0.3 is 15.2 Å². The minimum Gasteiger partial charge on any atom is -0.481 e. The average Bonchev–Trinajstić information content (AvgIpc) is 2.41. The van der Waals surface area contributed by atoms with Crippen LogP contribution in [0.3, 0.4) is 0 Å². The Morgan fingerprint density at radius 1 is 1.58 bits per heavy atom. The highest BCUT2D eigenvalue weighted by atomic mass is 16.5. The van der Waals surface area contributed by atoms with Crippen LogP contribution in [-0.4, -0.2) is 29.2 Å². The number of hydrogen-bond acceptors (Lipinski definition) is 4. The van der Waals surface area contributed by atoms with Crippen LogP contribution in [0.4, 0.5) is 0 Å². The second-order valence-corrected chi connectivity index (χ2v) is 4.92. The zero-order chi connectivity index (χ0) is 13.8. The van der Waals surface area contributed by atoms with E-state index in [1.807, 2.05) is 13.0 Å². The first-order valence-corrected chi connectivity index (χ1v) is 6.61. The number of nitrogens with zero attached hydrogens (tertiary/aromatic N) is 1. The van der Waals surface area contributed by atoms with E-state index in [0.29, 0.717) is 12.3 Å². The largest absolute Gasteiger partial charge is 0.481 e. The predicted molar refractivity (Wildman–Crippen MR) is 70.7 cm³/mol. The van der Waals surface area contributed by atoms with Gasteiger partial charge in [-0.2, -0.15) is 0 Å². The van der Waals surface area contributed by atoms with Crippen molar-refractivity contribution in [1.82, 2.24) is 10.3 Å². The number of aliphatic hydroxyl groups excluding tert-OH is 1. The van der Waals surface area contributed by atoms with Crippen LogP contribution in [0.2, 0.25) is 0 Å². The second-order valence-electron chi connectivity index (χ2n) is 4.92. The zero-order valence-electron chi connectivity index (χ0n) is 11.3. The monoisotopic (exact) mass is 264 g/mol. The molecule has 0 radical (unpaired) electrons. The van der Waals surface area contributed by atoms with Crippen molar-refractivity contribution in [3.63, 3.8) is 0 Å². The van der Waals surface area contributed by atoms with Gasteiger partial charge in [0.1, 0.15) is 0 Å². The molecule has 0 spiro atoms. The van der Waals surface area contributed by atoms with E-state index in [-0.39, 0.29) is 24.0 Å². The molecule has 1 aromatic rings. The third kappa shape index (κ3) is 3.23. The first-order chi connectivity index (χ1) is 9.13. The van der Waals surface area contributed by atoms with Gasteiger partial charge >= 0.3 is 0 Å². The van der Waals surface area contributed by atoms with Gasteiger partial charge in [0.15, 0.2) is 0 Å². The number of amides is 1. The fourth-order valence-corrected chi connectivity index (χ4v) is 2.35. The Kier molecular flexibility index (Phi) is 4.37. The molecule has 0 aliphatic heterocycles. The summed E-state index contributed by atoms with van der Waals surface area (Å²) in [6.45, 7) is 1.83. The summed E-state index contributed by atoms with van der Waals surface area (Å²) in [5, 5.41) is 12.5. The third-order valence-corrected chi connectivity index (χ3v) is 3.59. The first-order valence-electron chi connectivity index (χ1n) is 6.61. The van der Waals surface area contributed by atoms with Crippen molar-refractivity contribution in [2.24, 2.45) is 5.92 Å². The van der Waals surface area contributed by atoms with Crippen LogP contribution in [0.15, 0.2) is 18.3 Å². The second kappa shape index (κ2) is 6.02. The highest BCUT2D eigenvalue weighted by Crippen LogP contribution is 2.38. The molecule has 104 valence electrons. The molecule has 1 saturated carbocycles. The standard InChI is InChI=1S/C14H20N2O3/c1-3-12(18)16-14(10-6-11(17)7-10)9-4-5-13(19-2)15-8-9/h4-5,8,10-11,14,17H,3,6-7H2,1-2H3,(H,16,18)/t10?,11?,14-/m0/s1. The van der Waals surface area contributed by atoms with E-state index in [0.717, 1.165) is 18.4 Å². The Hall–Kier alpha value is -1.62. The minimum absolute atomic E-state index is 0.0159.